The highest BCUT2D eigenvalue weighted by Crippen LogP contribution is 2.38. The Bertz CT molecular complexity index is 1100. The third-order valence-corrected chi connectivity index (χ3v) is 5.51. The summed E-state index contributed by atoms with van der Waals surface area (Å²) >= 11 is 0. The molecule has 1 N–H and O–H groups in total. The van der Waals surface area contributed by atoms with E-state index in [0.29, 0.717) is 23.8 Å². The molecule has 0 fully saturated rings. The fourth-order valence-electron chi connectivity index (χ4n) is 3.12. The Balaban J connectivity index is 1.96. The van der Waals surface area contributed by atoms with E-state index in [2.05, 4.69) is 5.32 Å². The number of rotatable bonds is 6. The van der Waals surface area contributed by atoms with E-state index in [1.54, 1.807) is 12.1 Å². The van der Waals surface area contributed by atoms with Gasteiger partial charge >= 0.3 is 0 Å². The Kier molecular flexibility index (Phi) is 5.47. The van der Waals surface area contributed by atoms with Crippen molar-refractivity contribution in [2.24, 2.45) is 0 Å². The van der Waals surface area contributed by atoms with Crippen molar-refractivity contribution in [3.8, 4) is 11.5 Å². The van der Waals surface area contributed by atoms with Crippen LogP contribution in [0.5, 0.6) is 11.5 Å². The third-order valence-electron chi connectivity index (χ3n) is 4.36. The summed E-state index contributed by atoms with van der Waals surface area (Å²) in [7, 11) is -3.82. The molecule has 0 aromatic heterocycles. The van der Waals surface area contributed by atoms with Crippen molar-refractivity contribution in [1.82, 2.24) is 0 Å². The van der Waals surface area contributed by atoms with Crippen LogP contribution in [0.15, 0.2) is 35.2 Å². The second kappa shape index (κ2) is 7.70. The highest BCUT2D eigenvalue weighted by molar-refractivity contribution is 7.90. The van der Waals surface area contributed by atoms with Crippen LogP contribution in [0.3, 0.4) is 0 Å². The van der Waals surface area contributed by atoms with Crippen molar-refractivity contribution in [1.29, 1.82) is 0 Å². The highest BCUT2D eigenvalue weighted by atomic mass is 32.2. The number of nitrogens with one attached hydrogen (secondary N) is 1. The Hall–Kier alpha value is -3.14. The number of hydrogen-bond acceptors (Lipinski definition) is 7. The van der Waals surface area contributed by atoms with Gasteiger partial charge in [-0.2, -0.15) is 0 Å². The van der Waals surface area contributed by atoms with Gasteiger partial charge in [0.15, 0.2) is 9.84 Å². The van der Waals surface area contributed by atoms with Crippen molar-refractivity contribution in [2.45, 2.75) is 31.3 Å². The monoisotopic (exact) mass is 420 g/mol. The number of carbonyl (C=O) groups is 1. The van der Waals surface area contributed by atoms with Crippen molar-refractivity contribution >= 4 is 27.1 Å². The van der Waals surface area contributed by atoms with Gasteiger partial charge in [-0.05, 0) is 32.0 Å². The summed E-state index contributed by atoms with van der Waals surface area (Å²) < 4.78 is 34.8. The van der Waals surface area contributed by atoms with Crippen molar-refractivity contribution in [3.63, 3.8) is 0 Å². The van der Waals surface area contributed by atoms with Gasteiger partial charge in [-0.1, -0.05) is 0 Å². The van der Waals surface area contributed by atoms with E-state index in [-0.39, 0.29) is 11.7 Å². The number of anilines is 1. The number of ether oxygens (including phenoxy) is 2. The van der Waals surface area contributed by atoms with Gasteiger partial charge in [0.2, 0.25) is 0 Å². The van der Waals surface area contributed by atoms with Gasteiger partial charge < -0.3 is 14.8 Å². The molecule has 10 heteroatoms. The fraction of sp³-hybridized carbons (Fsp3) is 0.316. The van der Waals surface area contributed by atoms with Crippen LogP contribution in [0.2, 0.25) is 0 Å². The number of fused-ring (bicyclic) bond motifs is 1. The molecule has 154 valence electrons. The molecule has 1 aliphatic rings. The van der Waals surface area contributed by atoms with Gasteiger partial charge in [-0.15, -0.1) is 0 Å². The van der Waals surface area contributed by atoms with Gasteiger partial charge in [-0.3, -0.25) is 14.9 Å². The van der Waals surface area contributed by atoms with Crippen LogP contribution in [-0.4, -0.2) is 38.2 Å². The summed E-state index contributed by atoms with van der Waals surface area (Å²) in [6.45, 7) is 4.12. The highest BCUT2D eigenvalue weighted by Gasteiger charge is 2.26. The normalized spacial score (nSPS) is 15.3. The summed E-state index contributed by atoms with van der Waals surface area (Å²) in [4.78, 5) is 22.7. The molecule has 3 rings (SSSR count). The van der Waals surface area contributed by atoms with Crippen LogP contribution in [0.4, 0.5) is 11.4 Å². The molecule has 1 atom stereocenters. The van der Waals surface area contributed by atoms with Crippen LogP contribution < -0.4 is 14.8 Å². The lowest BCUT2D eigenvalue weighted by molar-refractivity contribution is -0.387. The number of nitrogens with zero attached hydrogens (tertiary/aromatic N) is 1. The van der Waals surface area contributed by atoms with Gasteiger partial charge in [0.05, 0.1) is 17.2 Å². The molecule has 29 heavy (non-hydrogen) atoms. The quantitative estimate of drug-likeness (QED) is 0.562. The summed E-state index contributed by atoms with van der Waals surface area (Å²) in [5, 5.41) is 13.9. The van der Waals surface area contributed by atoms with Gasteiger partial charge in [0, 0.05) is 35.9 Å². The van der Waals surface area contributed by atoms with Crippen LogP contribution in [0, 0.1) is 10.1 Å². The molecule has 0 saturated carbocycles. The van der Waals surface area contributed by atoms with Crippen molar-refractivity contribution in [2.75, 3.05) is 18.2 Å². The molecule has 1 aliphatic heterocycles. The van der Waals surface area contributed by atoms with E-state index in [1.807, 2.05) is 13.8 Å². The van der Waals surface area contributed by atoms with Crippen LogP contribution in [0.1, 0.15) is 29.8 Å². The zero-order valence-electron chi connectivity index (χ0n) is 16.1. The SMILES string of the molecule is CCOc1cc2c(cc1NC(=O)c1ccc(S(C)(=O)=O)c([N+](=O)[O-])c1)O[C@@H](C)C2. The Morgan fingerprint density at radius 2 is 2.07 bits per heavy atom. The maximum absolute atomic E-state index is 12.7. The fourth-order valence-corrected chi connectivity index (χ4v) is 3.95. The minimum atomic E-state index is -3.82. The number of nitro benzene ring substituents is 1. The second-order valence-corrected chi connectivity index (χ2v) is 8.67. The predicted molar refractivity (Wildman–Crippen MR) is 106 cm³/mol. The first kappa shape index (κ1) is 20.6. The summed E-state index contributed by atoms with van der Waals surface area (Å²) in [6.07, 6.45) is 1.61. The summed E-state index contributed by atoms with van der Waals surface area (Å²) in [6, 6.07) is 6.68. The maximum atomic E-state index is 12.7. The van der Waals surface area contributed by atoms with E-state index in [4.69, 9.17) is 9.47 Å². The average molecular weight is 420 g/mol. The molecule has 2 aromatic carbocycles. The first-order valence-electron chi connectivity index (χ1n) is 8.86. The zero-order valence-corrected chi connectivity index (χ0v) is 16.9. The van der Waals surface area contributed by atoms with E-state index < -0.39 is 31.3 Å². The molecule has 2 aromatic rings. The first-order valence-corrected chi connectivity index (χ1v) is 10.8. The van der Waals surface area contributed by atoms with Crippen molar-refractivity contribution < 1.29 is 27.6 Å². The number of nitro groups is 1. The van der Waals surface area contributed by atoms with Gasteiger partial charge in [0.25, 0.3) is 11.6 Å². The number of hydrogen-bond donors (Lipinski definition) is 1. The number of sulfone groups is 1. The van der Waals surface area contributed by atoms with Gasteiger partial charge in [0.1, 0.15) is 22.5 Å². The Morgan fingerprint density at radius 1 is 1.34 bits per heavy atom. The molecule has 0 aliphatic carbocycles. The molecule has 0 unspecified atom stereocenters. The zero-order chi connectivity index (χ0) is 21.3. The lowest BCUT2D eigenvalue weighted by Gasteiger charge is -2.14. The minimum absolute atomic E-state index is 0.0108. The maximum Gasteiger partial charge on any atom is 0.288 e. The molecule has 9 nitrogen and oxygen atoms in total. The van der Waals surface area contributed by atoms with Crippen LogP contribution >= 0.6 is 0 Å². The Labute approximate surface area is 167 Å². The Morgan fingerprint density at radius 3 is 2.69 bits per heavy atom. The second-order valence-electron chi connectivity index (χ2n) is 6.69. The average Bonchev–Trinajstić information content (AvgIpc) is 2.99. The summed E-state index contributed by atoms with van der Waals surface area (Å²) in [5.41, 5.74) is 0.615. The van der Waals surface area contributed by atoms with E-state index in [1.165, 1.54) is 6.07 Å². The van der Waals surface area contributed by atoms with Crippen LogP contribution in [0.25, 0.3) is 0 Å². The standard InChI is InChI=1S/C19H20N2O7S/c1-4-27-17-9-13-7-11(2)28-16(13)10-14(17)20-19(22)12-5-6-18(29(3,25)26)15(8-12)21(23)24/h5-6,8-11H,4,7H2,1-3H3,(H,20,22)/t11-/m0/s1. The molecule has 0 spiro atoms. The van der Waals surface area contributed by atoms with Gasteiger partial charge in [-0.25, -0.2) is 8.42 Å². The number of benzene rings is 2. The lowest BCUT2D eigenvalue weighted by Crippen LogP contribution is -2.14. The van der Waals surface area contributed by atoms with E-state index in [9.17, 15) is 23.3 Å². The van der Waals surface area contributed by atoms with E-state index in [0.717, 1.165) is 30.4 Å². The molecule has 1 amide bonds. The largest absolute Gasteiger partial charge is 0.492 e. The first-order chi connectivity index (χ1) is 13.6. The lowest BCUT2D eigenvalue weighted by atomic mass is 10.1. The smallest absolute Gasteiger partial charge is 0.288 e. The molecule has 0 saturated heterocycles. The molecular formula is C19H20N2O7S. The molecule has 1 heterocycles. The molecule has 0 radical (unpaired) electrons. The molecule has 0 bridgehead atoms. The van der Waals surface area contributed by atoms with E-state index >= 15 is 0 Å². The topological polar surface area (TPSA) is 125 Å². The number of carbonyl (C=O) groups excluding carboxylic acids is 1. The molecular weight excluding hydrogens is 400 g/mol. The minimum Gasteiger partial charge on any atom is -0.492 e. The number of amides is 1. The third kappa shape index (κ3) is 4.32. The summed E-state index contributed by atoms with van der Waals surface area (Å²) in [5.74, 6) is 0.453. The van der Waals surface area contributed by atoms with Crippen LogP contribution in [-0.2, 0) is 16.3 Å². The predicted octanol–water partition coefficient (Wildman–Crippen LogP) is 2.97. The van der Waals surface area contributed by atoms with Crippen molar-refractivity contribution in [3.05, 3.63) is 51.6 Å².